The molecule has 0 bridgehead atoms. The van der Waals surface area contributed by atoms with Crippen molar-refractivity contribution in [3.05, 3.63) is 35.9 Å². The molecular formula is C16H21NS. The van der Waals surface area contributed by atoms with E-state index in [9.17, 15) is 0 Å². The Balaban J connectivity index is 2.31. The van der Waals surface area contributed by atoms with Crippen LogP contribution in [0.25, 0.3) is 5.57 Å². The van der Waals surface area contributed by atoms with Gasteiger partial charge in [0.15, 0.2) is 0 Å². The minimum Gasteiger partial charge on any atom is -0.257 e. The topological polar surface area (TPSA) is 12.4 Å². The minimum absolute atomic E-state index is 0.715. The highest BCUT2D eigenvalue weighted by Crippen LogP contribution is 2.29. The number of nitrogens with zero attached hydrogens (tertiary/aromatic N) is 1. The van der Waals surface area contributed by atoms with E-state index in [-0.39, 0.29) is 0 Å². The van der Waals surface area contributed by atoms with Crippen LogP contribution in [0.1, 0.15) is 39.2 Å². The van der Waals surface area contributed by atoms with Crippen molar-refractivity contribution in [3.63, 3.8) is 0 Å². The van der Waals surface area contributed by atoms with E-state index in [2.05, 4.69) is 62.9 Å². The average molecular weight is 259 g/mol. The van der Waals surface area contributed by atoms with E-state index in [4.69, 9.17) is 4.99 Å². The van der Waals surface area contributed by atoms with Crippen molar-refractivity contribution in [2.75, 3.05) is 5.75 Å². The molecule has 0 amide bonds. The van der Waals surface area contributed by atoms with Gasteiger partial charge < -0.3 is 0 Å². The first-order chi connectivity index (χ1) is 8.70. The van der Waals surface area contributed by atoms with E-state index in [1.807, 2.05) is 0 Å². The van der Waals surface area contributed by atoms with Crippen LogP contribution < -0.4 is 0 Å². The van der Waals surface area contributed by atoms with E-state index >= 15 is 0 Å². The summed E-state index contributed by atoms with van der Waals surface area (Å²) in [4.78, 5) is 4.90. The third-order valence-electron chi connectivity index (χ3n) is 3.36. The van der Waals surface area contributed by atoms with Crippen molar-refractivity contribution in [2.45, 2.75) is 38.9 Å². The lowest BCUT2D eigenvalue weighted by Gasteiger charge is -2.19. The molecule has 1 fully saturated rings. The number of rotatable bonds is 2. The molecule has 0 N–H and O–H groups in total. The first kappa shape index (κ1) is 13.4. The average Bonchev–Trinajstić information content (AvgIpc) is 2.38. The highest BCUT2D eigenvalue weighted by Gasteiger charge is 2.14. The molecule has 1 heterocycles. The Kier molecular flexibility index (Phi) is 4.65. The summed E-state index contributed by atoms with van der Waals surface area (Å²) in [5.74, 6) is 1.21. The third-order valence-corrected chi connectivity index (χ3v) is 4.53. The molecule has 1 unspecified atom stereocenters. The van der Waals surface area contributed by atoms with Gasteiger partial charge in [0.05, 0.1) is 5.69 Å². The molecular weight excluding hydrogens is 238 g/mol. The molecule has 0 aliphatic carbocycles. The van der Waals surface area contributed by atoms with Gasteiger partial charge in [0.2, 0.25) is 0 Å². The van der Waals surface area contributed by atoms with E-state index in [1.54, 1.807) is 0 Å². The maximum absolute atomic E-state index is 4.90. The summed E-state index contributed by atoms with van der Waals surface area (Å²) in [5, 5.41) is 0.715. The Morgan fingerprint density at radius 2 is 2.17 bits per heavy atom. The van der Waals surface area contributed by atoms with Gasteiger partial charge in [0.1, 0.15) is 0 Å². The molecule has 0 saturated carbocycles. The van der Waals surface area contributed by atoms with Crippen LogP contribution in [0.4, 0.5) is 5.69 Å². The zero-order valence-corrected chi connectivity index (χ0v) is 12.3. The van der Waals surface area contributed by atoms with Gasteiger partial charge in [-0.3, -0.25) is 4.99 Å². The Morgan fingerprint density at radius 3 is 2.89 bits per heavy atom. The maximum atomic E-state index is 4.90. The predicted octanol–water partition coefficient (Wildman–Crippen LogP) is 5.10. The standard InChI is InChI=1S/C16H21NS/c1-4-12(2)15-7-5-6-8-16(15)17-14-9-10-18-13(3)11-14/h4-8,13H,9-11H2,1-3H3/b12-4-,17-14?. The van der Waals surface area contributed by atoms with Crippen molar-refractivity contribution < 1.29 is 0 Å². The number of hydrogen-bond donors (Lipinski definition) is 0. The first-order valence-corrected chi connectivity index (χ1v) is 7.66. The molecule has 96 valence electrons. The van der Waals surface area contributed by atoms with Crippen molar-refractivity contribution in [2.24, 2.45) is 4.99 Å². The Bertz CT molecular complexity index is 474. The molecule has 18 heavy (non-hydrogen) atoms. The predicted molar refractivity (Wildman–Crippen MR) is 84.0 cm³/mol. The minimum atomic E-state index is 0.715. The number of thioether (sulfide) groups is 1. The molecule has 0 aromatic heterocycles. The van der Waals surface area contributed by atoms with Crippen LogP contribution in [0.5, 0.6) is 0 Å². The van der Waals surface area contributed by atoms with Gasteiger partial charge in [-0.15, -0.1) is 0 Å². The molecule has 1 atom stereocenters. The lowest BCUT2D eigenvalue weighted by molar-refractivity contribution is 0.961. The molecule has 1 saturated heterocycles. The first-order valence-electron chi connectivity index (χ1n) is 6.61. The summed E-state index contributed by atoms with van der Waals surface area (Å²) in [7, 11) is 0. The SMILES string of the molecule is C/C=C(/C)c1ccccc1N=C1CCSC(C)C1. The van der Waals surface area contributed by atoms with Crippen LogP contribution in [0.15, 0.2) is 35.3 Å². The number of benzene rings is 1. The van der Waals surface area contributed by atoms with E-state index in [0.717, 1.165) is 18.5 Å². The van der Waals surface area contributed by atoms with Crippen LogP contribution in [-0.4, -0.2) is 16.7 Å². The van der Waals surface area contributed by atoms with Crippen molar-refractivity contribution in [1.82, 2.24) is 0 Å². The molecule has 2 heteroatoms. The molecule has 1 aliphatic rings. The summed E-state index contributed by atoms with van der Waals surface area (Å²) in [6, 6.07) is 8.45. The van der Waals surface area contributed by atoms with Crippen LogP contribution in [-0.2, 0) is 0 Å². The Labute approximate surface area is 114 Å². The fraction of sp³-hybridized carbons (Fsp3) is 0.438. The van der Waals surface area contributed by atoms with E-state index < -0.39 is 0 Å². The highest BCUT2D eigenvalue weighted by molar-refractivity contribution is 8.00. The van der Waals surface area contributed by atoms with Gasteiger partial charge in [-0.1, -0.05) is 31.2 Å². The Morgan fingerprint density at radius 1 is 1.39 bits per heavy atom. The lowest BCUT2D eigenvalue weighted by atomic mass is 10.0. The summed E-state index contributed by atoms with van der Waals surface area (Å²) in [6.07, 6.45) is 4.42. The number of aliphatic imine (C=N–C) groups is 1. The summed E-state index contributed by atoms with van der Waals surface area (Å²) < 4.78 is 0. The summed E-state index contributed by atoms with van der Waals surface area (Å²) >= 11 is 2.06. The van der Waals surface area contributed by atoms with E-state index in [1.165, 1.54) is 22.6 Å². The zero-order chi connectivity index (χ0) is 13.0. The number of para-hydroxylation sites is 1. The third kappa shape index (κ3) is 3.26. The van der Waals surface area contributed by atoms with Crippen molar-refractivity contribution in [1.29, 1.82) is 0 Å². The number of allylic oxidation sites excluding steroid dienone is 2. The van der Waals surface area contributed by atoms with Crippen LogP contribution in [0, 0.1) is 0 Å². The molecule has 1 aromatic carbocycles. The van der Waals surface area contributed by atoms with Crippen molar-refractivity contribution in [3.8, 4) is 0 Å². The fourth-order valence-corrected chi connectivity index (χ4v) is 3.27. The number of hydrogen-bond acceptors (Lipinski definition) is 2. The molecule has 1 aliphatic heterocycles. The second kappa shape index (κ2) is 6.24. The zero-order valence-electron chi connectivity index (χ0n) is 11.4. The van der Waals surface area contributed by atoms with Gasteiger partial charge in [0.25, 0.3) is 0 Å². The van der Waals surface area contributed by atoms with Gasteiger partial charge in [-0.2, -0.15) is 11.8 Å². The monoisotopic (exact) mass is 259 g/mol. The fourth-order valence-electron chi connectivity index (χ4n) is 2.20. The normalized spacial score (nSPS) is 23.4. The Hall–Kier alpha value is -1.02. The summed E-state index contributed by atoms with van der Waals surface area (Å²) in [5.41, 5.74) is 5.05. The molecule has 1 aromatic rings. The lowest BCUT2D eigenvalue weighted by Crippen LogP contribution is -2.15. The molecule has 0 radical (unpaired) electrons. The maximum Gasteiger partial charge on any atom is 0.0703 e. The molecule has 1 nitrogen and oxygen atoms in total. The van der Waals surface area contributed by atoms with Crippen LogP contribution in [0.3, 0.4) is 0 Å². The van der Waals surface area contributed by atoms with Gasteiger partial charge >= 0.3 is 0 Å². The van der Waals surface area contributed by atoms with Gasteiger partial charge in [-0.25, -0.2) is 0 Å². The highest BCUT2D eigenvalue weighted by atomic mass is 32.2. The quantitative estimate of drug-likeness (QED) is 0.720. The molecule has 2 rings (SSSR count). The van der Waals surface area contributed by atoms with Crippen LogP contribution >= 0.6 is 11.8 Å². The molecule has 0 spiro atoms. The smallest absolute Gasteiger partial charge is 0.0703 e. The van der Waals surface area contributed by atoms with Gasteiger partial charge in [-0.05, 0) is 44.1 Å². The van der Waals surface area contributed by atoms with E-state index in [0.29, 0.717) is 5.25 Å². The second-order valence-electron chi connectivity index (χ2n) is 4.80. The largest absolute Gasteiger partial charge is 0.257 e. The van der Waals surface area contributed by atoms with Crippen molar-refractivity contribution >= 4 is 28.7 Å². The van der Waals surface area contributed by atoms with Gasteiger partial charge in [0, 0.05) is 16.5 Å². The second-order valence-corrected chi connectivity index (χ2v) is 6.35. The van der Waals surface area contributed by atoms with Crippen LogP contribution in [0.2, 0.25) is 0 Å². The summed E-state index contributed by atoms with van der Waals surface area (Å²) in [6.45, 7) is 6.53.